The van der Waals surface area contributed by atoms with E-state index in [1.165, 1.54) is 7.11 Å². The van der Waals surface area contributed by atoms with Crippen molar-refractivity contribution in [3.63, 3.8) is 0 Å². The third-order valence-corrected chi connectivity index (χ3v) is 4.05. The molecule has 0 bridgehead atoms. The van der Waals surface area contributed by atoms with Crippen LogP contribution in [0.2, 0.25) is 5.02 Å². The number of aromatic nitrogens is 3. The number of carbonyl (C=O) groups is 1. The zero-order chi connectivity index (χ0) is 18.7. The molecule has 0 spiro atoms. The number of anilines is 1. The summed E-state index contributed by atoms with van der Waals surface area (Å²) >= 11 is 6.00. The molecule has 26 heavy (non-hydrogen) atoms. The molecule has 7 nitrogen and oxygen atoms in total. The maximum Gasteiger partial charge on any atom is 0.278 e. The second-order valence-corrected chi connectivity index (χ2v) is 5.87. The Balaban J connectivity index is 1.90. The van der Waals surface area contributed by atoms with Crippen LogP contribution in [-0.2, 0) is 0 Å². The normalized spacial score (nSPS) is 10.5. The molecule has 134 valence electrons. The number of amides is 1. The molecule has 0 fully saturated rings. The first-order chi connectivity index (χ1) is 12.5. The van der Waals surface area contributed by atoms with Gasteiger partial charge in [-0.05, 0) is 37.3 Å². The highest BCUT2D eigenvalue weighted by Gasteiger charge is 2.19. The summed E-state index contributed by atoms with van der Waals surface area (Å²) in [6.07, 6.45) is 0. The van der Waals surface area contributed by atoms with Gasteiger partial charge in [-0.3, -0.25) is 4.79 Å². The van der Waals surface area contributed by atoms with Crippen LogP contribution in [0.15, 0.2) is 42.5 Å². The molecule has 0 aliphatic rings. The number of nitrogens with one attached hydrogen (secondary N) is 1. The molecule has 3 rings (SSSR count). The zero-order valence-electron chi connectivity index (χ0n) is 14.5. The summed E-state index contributed by atoms with van der Waals surface area (Å²) in [5.74, 6) is 0.782. The molecular weight excluding hydrogens is 356 g/mol. The number of methoxy groups -OCH3 is 2. The Morgan fingerprint density at radius 2 is 1.96 bits per heavy atom. The van der Waals surface area contributed by atoms with Crippen molar-refractivity contribution < 1.29 is 14.3 Å². The summed E-state index contributed by atoms with van der Waals surface area (Å²) in [6, 6.07) is 12.3. The number of halogens is 1. The second kappa shape index (κ2) is 7.45. The Kier molecular flexibility index (Phi) is 5.09. The summed E-state index contributed by atoms with van der Waals surface area (Å²) in [5, 5.41) is 11.3. The van der Waals surface area contributed by atoms with Gasteiger partial charge >= 0.3 is 0 Å². The highest BCUT2D eigenvalue weighted by molar-refractivity contribution is 6.31. The second-order valence-electron chi connectivity index (χ2n) is 5.44. The summed E-state index contributed by atoms with van der Waals surface area (Å²) in [6.45, 7) is 1.77. The molecule has 3 aromatic rings. The molecule has 0 atom stereocenters. The highest BCUT2D eigenvalue weighted by atomic mass is 35.5. The molecule has 0 aliphatic heterocycles. The van der Waals surface area contributed by atoms with E-state index in [2.05, 4.69) is 15.6 Å². The van der Waals surface area contributed by atoms with E-state index in [1.807, 2.05) is 24.3 Å². The average Bonchev–Trinajstić information content (AvgIpc) is 3.03. The molecule has 1 aromatic heterocycles. The molecule has 1 heterocycles. The lowest BCUT2D eigenvalue weighted by Gasteiger charge is -2.10. The van der Waals surface area contributed by atoms with E-state index in [9.17, 15) is 4.79 Å². The largest absolute Gasteiger partial charge is 0.497 e. The van der Waals surface area contributed by atoms with Crippen molar-refractivity contribution in [2.45, 2.75) is 6.92 Å². The number of carbonyl (C=O) groups excluding carboxylic acids is 1. The predicted molar refractivity (Wildman–Crippen MR) is 98.6 cm³/mol. The number of benzene rings is 2. The number of rotatable bonds is 5. The summed E-state index contributed by atoms with van der Waals surface area (Å²) in [7, 11) is 3.10. The molecule has 2 aromatic carbocycles. The Morgan fingerprint density at radius 1 is 1.15 bits per heavy atom. The van der Waals surface area contributed by atoms with E-state index < -0.39 is 5.91 Å². The van der Waals surface area contributed by atoms with Crippen molar-refractivity contribution in [1.29, 1.82) is 0 Å². The van der Waals surface area contributed by atoms with Gasteiger partial charge in [0.2, 0.25) is 0 Å². The fraction of sp³-hybridized carbons (Fsp3) is 0.167. The van der Waals surface area contributed by atoms with Gasteiger partial charge in [-0.1, -0.05) is 22.9 Å². The SMILES string of the molecule is COc1cccc(-n2nnc(C(=O)Nc3cc(Cl)ccc3OC)c2C)c1. The maximum atomic E-state index is 12.6. The third-order valence-electron chi connectivity index (χ3n) is 3.82. The molecule has 0 radical (unpaired) electrons. The van der Waals surface area contributed by atoms with Gasteiger partial charge in [0.15, 0.2) is 5.69 Å². The van der Waals surface area contributed by atoms with Crippen molar-refractivity contribution in [3.8, 4) is 17.2 Å². The first-order valence-corrected chi connectivity index (χ1v) is 8.13. The van der Waals surface area contributed by atoms with Gasteiger partial charge in [0.05, 0.1) is 31.3 Å². The van der Waals surface area contributed by atoms with Crippen LogP contribution in [0.3, 0.4) is 0 Å². The van der Waals surface area contributed by atoms with E-state index in [-0.39, 0.29) is 5.69 Å². The van der Waals surface area contributed by atoms with Crippen LogP contribution in [0.4, 0.5) is 5.69 Å². The fourth-order valence-electron chi connectivity index (χ4n) is 2.49. The lowest BCUT2D eigenvalue weighted by Crippen LogP contribution is -2.15. The smallest absolute Gasteiger partial charge is 0.278 e. The fourth-order valence-corrected chi connectivity index (χ4v) is 2.66. The van der Waals surface area contributed by atoms with Gasteiger partial charge in [-0.15, -0.1) is 5.10 Å². The molecule has 0 aliphatic carbocycles. The van der Waals surface area contributed by atoms with Gasteiger partial charge in [0, 0.05) is 11.1 Å². The minimum atomic E-state index is -0.405. The lowest BCUT2D eigenvalue weighted by molar-refractivity contribution is 0.102. The number of nitrogens with zero attached hydrogens (tertiary/aromatic N) is 3. The van der Waals surface area contributed by atoms with Gasteiger partial charge in [0.1, 0.15) is 11.5 Å². The summed E-state index contributed by atoms with van der Waals surface area (Å²) in [5.41, 5.74) is 2.00. The van der Waals surface area contributed by atoms with Gasteiger partial charge < -0.3 is 14.8 Å². The Hall–Kier alpha value is -3.06. The predicted octanol–water partition coefficient (Wildman–Crippen LogP) is 3.50. The lowest BCUT2D eigenvalue weighted by atomic mass is 10.2. The molecule has 0 unspecified atom stereocenters. The Bertz CT molecular complexity index is 955. The maximum absolute atomic E-state index is 12.6. The minimum Gasteiger partial charge on any atom is -0.497 e. The van der Waals surface area contributed by atoms with E-state index in [4.69, 9.17) is 21.1 Å². The van der Waals surface area contributed by atoms with E-state index in [0.29, 0.717) is 27.9 Å². The van der Waals surface area contributed by atoms with Gasteiger partial charge in [0.25, 0.3) is 5.91 Å². The van der Waals surface area contributed by atoms with Gasteiger partial charge in [-0.25, -0.2) is 4.68 Å². The summed E-state index contributed by atoms with van der Waals surface area (Å²) in [4.78, 5) is 12.6. The van der Waals surface area contributed by atoms with Crippen LogP contribution in [0, 0.1) is 6.92 Å². The average molecular weight is 373 g/mol. The minimum absolute atomic E-state index is 0.204. The molecule has 8 heteroatoms. The first kappa shape index (κ1) is 17.8. The Labute approximate surface area is 155 Å². The van der Waals surface area contributed by atoms with E-state index in [0.717, 1.165) is 5.69 Å². The summed E-state index contributed by atoms with van der Waals surface area (Å²) < 4.78 is 12.0. The monoisotopic (exact) mass is 372 g/mol. The molecular formula is C18H17ClN4O3. The van der Waals surface area contributed by atoms with Crippen LogP contribution < -0.4 is 14.8 Å². The number of hydrogen-bond donors (Lipinski definition) is 1. The van der Waals surface area contributed by atoms with Crippen LogP contribution in [0.25, 0.3) is 5.69 Å². The van der Waals surface area contributed by atoms with E-state index in [1.54, 1.807) is 36.9 Å². The third kappa shape index (κ3) is 3.48. The van der Waals surface area contributed by atoms with Gasteiger partial charge in [-0.2, -0.15) is 0 Å². The number of hydrogen-bond acceptors (Lipinski definition) is 5. The highest BCUT2D eigenvalue weighted by Crippen LogP contribution is 2.28. The van der Waals surface area contributed by atoms with Crippen molar-refractivity contribution in [3.05, 3.63) is 58.9 Å². The first-order valence-electron chi connectivity index (χ1n) is 7.75. The molecule has 0 saturated heterocycles. The zero-order valence-corrected chi connectivity index (χ0v) is 15.2. The van der Waals surface area contributed by atoms with Crippen molar-refractivity contribution in [2.24, 2.45) is 0 Å². The Morgan fingerprint density at radius 3 is 2.69 bits per heavy atom. The van der Waals surface area contributed by atoms with E-state index >= 15 is 0 Å². The van der Waals surface area contributed by atoms with Crippen molar-refractivity contribution in [1.82, 2.24) is 15.0 Å². The molecule has 0 saturated carbocycles. The van der Waals surface area contributed by atoms with Crippen LogP contribution in [0.1, 0.15) is 16.2 Å². The molecule has 1 N–H and O–H groups in total. The van der Waals surface area contributed by atoms with Crippen molar-refractivity contribution in [2.75, 3.05) is 19.5 Å². The van der Waals surface area contributed by atoms with Crippen LogP contribution in [-0.4, -0.2) is 35.1 Å². The topological polar surface area (TPSA) is 78.3 Å². The number of ether oxygens (including phenoxy) is 2. The van der Waals surface area contributed by atoms with Crippen LogP contribution >= 0.6 is 11.6 Å². The quantitative estimate of drug-likeness (QED) is 0.741. The van der Waals surface area contributed by atoms with Crippen molar-refractivity contribution >= 4 is 23.2 Å². The van der Waals surface area contributed by atoms with Crippen LogP contribution in [0.5, 0.6) is 11.5 Å². The molecule has 1 amide bonds. The standard InChI is InChI=1S/C18H17ClN4O3/c1-11-17(18(24)20-15-9-12(19)7-8-16(15)26-3)21-22-23(11)13-5-4-6-14(10-13)25-2/h4-10H,1-3H3,(H,20,24).